The van der Waals surface area contributed by atoms with Crippen molar-refractivity contribution in [1.82, 2.24) is 10.1 Å². The van der Waals surface area contributed by atoms with E-state index in [4.69, 9.17) is 16.0 Å². The first kappa shape index (κ1) is 12.0. The molecule has 0 atom stereocenters. The molecule has 0 saturated heterocycles. The number of rotatable bonds is 2. The molecule has 0 radical (unpaired) electrons. The minimum absolute atomic E-state index is 0.435. The Morgan fingerprint density at radius 1 is 1.00 bits per heavy atom. The van der Waals surface area contributed by atoms with E-state index >= 15 is 0 Å². The van der Waals surface area contributed by atoms with Crippen LogP contribution >= 0.6 is 0 Å². The maximum absolute atomic E-state index is 5.78. The first-order valence-corrected chi connectivity index (χ1v) is 6.72. The second kappa shape index (κ2) is 4.91. The number of nitrogens with zero attached hydrogens (tertiary/aromatic N) is 2. The van der Waals surface area contributed by atoms with Gasteiger partial charge in [0.2, 0.25) is 0 Å². The smallest absolute Gasteiger partial charge is 0.258 e. The van der Waals surface area contributed by atoms with E-state index in [0.29, 0.717) is 23.2 Å². The fourth-order valence-electron chi connectivity index (χ4n) is 2.68. The van der Waals surface area contributed by atoms with Gasteiger partial charge in [-0.25, -0.2) is 0 Å². The highest BCUT2D eigenvalue weighted by Gasteiger charge is 2.21. The Morgan fingerprint density at radius 2 is 1.68 bits per heavy atom. The van der Waals surface area contributed by atoms with Gasteiger partial charge in [-0.3, -0.25) is 0 Å². The van der Waals surface area contributed by atoms with Crippen molar-refractivity contribution in [2.45, 2.75) is 38.0 Å². The van der Waals surface area contributed by atoms with Crippen LogP contribution in [-0.2, 0) is 0 Å². The van der Waals surface area contributed by atoms with Gasteiger partial charge in [0, 0.05) is 22.9 Å². The maximum Gasteiger partial charge on any atom is 0.258 e. The molecule has 1 aromatic carbocycles. The fourth-order valence-corrected chi connectivity index (χ4v) is 2.68. The van der Waals surface area contributed by atoms with Crippen molar-refractivity contribution >= 4 is 11.4 Å². The molecular weight excluding hydrogens is 240 g/mol. The first-order valence-electron chi connectivity index (χ1n) is 6.72. The summed E-state index contributed by atoms with van der Waals surface area (Å²) in [4.78, 5) is 4.50. The zero-order chi connectivity index (χ0) is 13.2. The Morgan fingerprint density at radius 3 is 2.37 bits per heavy atom. The molecule has 1 aliphatic rings. The second-order valence-electron chi connectivity index (χ2n) is 5.18. The lowest BCUT2D eigenvalue weighted by atomic mass is 9.89. The minimum atomic E-state index is 0.435. The SMILES string of the molecule is Nc1cc(N)cc(-c2nc(C3CCCCC3)no2)c1. The lowest BCUT2D eigenvalue weighted by Crippen LogP contribution is -2.06. The summed E-state index contributed by atoms with van der Waals surface area (Å²) >= 11 is 0. The third kappa shape index (κ3) is 2.54. The normalized spacial score (nSPS) is 16.6. The molecule has 1 aromatic heterocycles. The number of aromatic nitrogens is 2. The number of nitrogens with two attached hydrogens (primary N) is 2. The molecule has 1 heterocycles. The highest BCUT2D eigenvalue weighted by molar-refractivity contribution is 5.67. The van der Waals surface area contributed by atoms with Crippen molar-refractivity contribution in [3.8, 4) is 11.5 Å². The van der Waals surface area contributed by atoms with Gasteiger partial charge in [0.25, 0.3) is 5.89 Å². The molecule has 5 heteroatoms. The summed E-state index contributed by atoms with van der Waals surface area (Å²) in [6.07, 6.45) is 6.11. The van der Waals surface area contributed by atoms with Gasteiger partial charge in [0.1, 0.15) is 0 Å². The largest absolute Gasteiger partial charge is 0.399 e. The second-order valence-corrected chi connectivity index (χ2v) is 5.18. The molecule has 3 rings (SSSR count). The quantitative estimate of drug-likeness (QED) is 0.808. The third-order valence-corrected chi connectivity index (χ3v) is 3.64. The maximum atomic E-state index is 5.78. The molecule has 1 aliphatic carbocycles. The van der Waals surface area contributed by atoms with Crippen LogP contribution in [0.1, 0.15) is 43.8 Å². The van der Waals surface area contributed by atoms with Crippen LogP contribution in [0.25, 0.3) is 11.5 Å². The van der Waals surface area contributed by atoms with E-state index < -0.39 is 0 Å². The van der Waals surface area contributed by atoms with E-state index in [1.54, 1.807) is 18.2 Å². The third-order valence-electron chi connectivity index (χ3n) is 3.64. The lowest BCUT2D eigenvalue weighted by molar-refractivity contribution is 0.385. The fraction of sp³-hybridized carbons (Fsp3) is 0.429. The number of anilines is 2. The van der Waals surface area contributed by atoms with Crippen LogP contribution in [0.15, 0.2) is 22.7 Å². The highest BCUT2D eigenvalue weighted by Crippen LogP contribution is 2.32. The summed E-state index contributed by atoms with van der Waals surface area (Å²) in [7, 11) is 0. The number of nitrogen functional groups attached to an aromatic ring is 2. The van der Waals surface area contributed by atoms with Crippen molar-refractivity contribution in [3.05, 3.63) is 24.0 Å². The average Bonchev–Trinajstić information content (AvgIpc) is 2.88. The van der Waals surface area contributed by atoms with Crippen LogP contribution in [0.5, 0.6) is 0 Å². The topological polar surface area (TPSA) is 91.0 Å². The van der Waals surface area contributed by atoms with Crippen LogP contribution in [0, 0.1) is 0 Å². The molecule has 1 fully saturated rings. The van der Waals surface area contributed by atoms with Gasteiger partial charge in [-0.1, -0.05) is 24.4 Å². The van der Waals surface area contributed by atoms with Gasteiger partial charge in [-0.15, -0.1) is 0 Å². The summed E-state index contributed by atoms with van der Waals surface area (Å²) in [5.74, 6) is 1.75. The molecule has 2 aromatic rings. The Kier molecular flexibility index (Phi) is 3.11. The average molecular weight is 258 g/mol. The molecule has 0 bridgehead atoms. The first-order chi connectivity index (χ1) is 9.22. The van der Waals surface area contributed by atoms with Gasteiger partial charge in [0.15, 0.2) is 5.82 Å². The highest BCUT2D eigenvalue weighted by atomic mass is 16.5. The predicted octanol–water partition coefficient (Wildman–Crippen LogP) is 2.95. The van der Waals surface area contributed by atoms with Crippen LogP contribution in [-0.4, -0.2) is 10.1 Å². The van der Waals surface area contributed by atoms with Gasteiger partial charge in [-0.2, -0.15) is 4.98 Å². The molecule has 4 N–H and O–H groups in total. The summed E-state index contributed by atoms with van der Waals surface area (Å²) in [5, 5.41) is 4.11. The predicted molar refractivity (Wildman–Crippen MR) is 74.4 cm³/mol. The Hall–Kier alpha value is -2.04. The Bertz CT molecular complexity index is 552. The molecule has 0 aliphatic heterocycles. The monoisotopic (exact) mass is 258 g/mol. The molecule has 0 unspecified atom stereocenters. The molecule has 0 amide bonds. The summed E-state index contributed by atoms with van der Waals surface area (Å²) in [5.41, 5.74) is 13.5. The van der Waals surface area contributed by atoms with E-state index in [9.17, 15) is 0 Å². The van der Waals surface area contributed by atoms with E-state index in [1.807, 2.05) is 0 Å². The summed E-state index contributed by atoms with van der Waals surface area (Å²) < 4.78 is 5.34. The van der Waals surface area contributed by atoms with E-state index in [-0.39, 0.29) is 0 Å². The number of hydrogen-bond donors (Lipinski definition) is 2. The zero-order valence-electron chi connectivity index (χ0n) is 10.8. The van der Waals surface area contributed by atoms with E-state index in [2.05, 4.69) is 10.1 Å². The number of benzene rings is 1. The van der Waals surface area contributed by atoms with Crippen molar-refractivity contribution in [1.29, 1.82) is 0 Å². The minimum Gasteiger partial charge on any atom is -0.399 e. The van der Waals surface area contributed by atoms with Crippen LogP contribution in [0.4, 0.5) is 11.4 Å². The van der Waals surface area contributed by atoms with Gasteiger partial charge in [-0.05, 0) is 31.0 Å². The van der Waals surface area contributed by atoms with Gasteiger partial charge in [0.05, 0.1) is 0 Å². The zero-order valence-corrected chi connectivity index (χ0v) is 10.8. The molecule has 0 spiro atoms. The van der Waals surface area contributed by atoms with E-state index in [0.717, 1.165) is 24.2 Å². The molecule has 5 nitrogen and oxygen atoms in total. The van der Waals surface area contributed by atoms with Gasteiger partial charge >= 0.3 is 0 Å². The molecule has 19 heavy (non-hydrogen) atoms. The van der Waals surface area contributed by atoms with Gasteiger partial charge < -0.3 is 16.0 Å². The molecule has 1 saturated carbocycles. The van der Waals surface area contributed by atoms with Crippen molar-refractivity contribution < 1.29 is 4.52 Å². The lowest BCUT2D eigenvalue weighted by Gasteiger charge is -2.17. The summed E-state index contributed by atoms with van der Waals surface area (Å²) in [6, 6.07) is 5.31. The Labute approximate surface area is 112 Å². The van der Waals surface area contributed by atoms with Crippen molar-refractivity contribution in [3.63, 3.8) is 0 Å². The summed E-state index contributed by atoms with van der Waals surface area (Å²) in [6.45, 7) is 0. The van der Waals surface area contributed by atoms with E-state index in [1.165, 1.54) is 19.3 Å². The molecular formula is C14H18N4O. The van der Waals surface area contributed by atoms with Crippen LogP contribution in [0.3, 0.4) is 0 Å². The molecule has 100 valence electrons. The van der Waals surface area contributed by atoms with Crippen molar-refractivity contribution in [2.24, 2.45) is 0 Å². The Balaban J connectivity index is 1.87. The van der Waals surface area contributed by atoms with Crippen LogP contribution in [0.2, 0.25) is 0 Å². The number of hydrogen-bond acceptors (Lipinski definition) is 5. The van der Waals surface area contributed by atoms with Crippen molar-refractivity contribution in [2.75, 3.05) is 11.5 Å². The standard InChI is InChI=1S/C14H18N4O/c15-11-6-10(7-12(16)8-11)14-17-13(18-19-14)9-4-2-1-3-5-9/h6-9H,1-5,15-16H2. The van der Waals surface area contributed by atoms with Crippen LogP contribution < -0.4 is 11.5 Å².